The number of carbonyl (C=O) groups is 2. The van der Waals surface area contributed by atoms with Crippen molar-refractivity contribution in [3.63, 3.8) is 0 Å². The number of hydrogen-bond donors (Lipinski definition) is 1. The second kappa shape index (κ2) is 8.74. The number of likely N-dealkylation sites (tertiary alicyclic amines) is 1. The molecule has 1 aliphatic heterocycles. The highest BCUT2D eigenvalue weighted by molar-refractivity contribution is 7.17. The summed E-state index contributed by atoms with van der Waals surface area (Å²) >= 11 is 1.56. The number of thiophene rings is 1. The molecule has 27 heavy (non-hydrogen) atoms. The average molecular weight is 393 g/mol. The topological polar surface area (TPSA) is 58.6 Å². The van der Waals surface area contributed by atoms with Gasteiger partial charge in [-0.05, 0) is 71.8 Å². The highest BCUT2D eigenvalue weighted by atomic mass is 32.1. The molecule has 2 atom stereocenters. The van der Waals surface area contributed by atoms with E-state index >= 15 is 0 Å². The van der Waals surface area contributed by atoms with Crippen molar-refractivity contribution in [2.24, 2.45) is 0 Å². The van der Waals surface area contributed by atoms with E-state index in [-0.39, 0.29) is 18.0 Å². The Morgan fingerprint density at radius 3 is 2.48 bits per heavy atom. The second-order valence-corrected chi connectivity index (χ2v) is 9.32. The SMILES string of the molecule is CC(C)OC(=O)c1c(NC(=O)CN2C(C)CCCC2C)sc2c1CCCC2. The summed E-state index contributed by atoms with van der Waals surface area (Å²) in [5.41, 5.74) is 1.68. The molecule has 6 heteroatoms. The van der Waals surface area contributed by atoms with Gasteiger partial charge in [0.1, 0.15) is 5.00 Å². The lowest BCUT2D eigenvalue weighted by Crippen LogP contribution is -2.47. The minimum Gasteiger partial charge on any atom is -0.459 e. The van der Waals surface area contributed by atoms with Crippen LogP contribution in [0.15, 0.2) is 0 Å². The molecule has 1 saturated heterocycles. The van der Waals surface area contributed by atoms with Crippen LogP contribution >= 0.6 is 11.3 Å². The molecule has 0 radical (unpaired) electrons. The summed E-state index contributed by atoms with van der Waals surface area (Å²) in [6, 6.07) is 0.836. The molecule has 1 aromatic rings. The number of fused-ring (bicyclic) bond motifs is 1. The highest BCUT2D eigenvalue weighted by Crippen LogP contribution is 2.38. The Morgan fingerprint density at radius 1 is 1.15 bits per heavy atom. The van der Waals surface area contributed by atoms with Gasteiger partial charge in [-0.3, -0.25) is 9.69 Å². The van der Waals surface area contributed by atoms with Gasteiger partial charge in [-0.15, -0.1) is 11.3 Å². The van der Waals surface area contributed by atoms with Crippen molar-refractivity contribution in [1.29, 1.82) is 0 Å². The van der Waals surface area contributed by atoms with Crippen LogP contribution in [-0.4, -0.2) is 41.5 Å². The van der Waals surface area contributed by atoms with Gasteiger partial charge in [-0.25, -0.2) is 4.79 Å². The molecule has 1 N–H and O–H groups in total. The number of carbonyl (C=O) groups excluding carboxylic acids is 2. The first-order chi connectivity index (χ1) is 12.9. The molecule has 0 saturated carbocycles. The predicted molar refractivity (Wildman–Crippen MR) is 110 cm³/mol. The van der Waals surface area contributed by atoms with Crippen molar-refractivity contribution in [2.75, 3.05) is 11.9 Å². The molecule has 0 aromatic carbocycles. The summed E-state index contributed by atoms with van der Waals surface area (Å²) in [4.78, 5) is 29.0. The Kier molecular flexibility index (Phi) is 6.58. The van der Waals surface area contributed by atoms with Crippen molar-refractivity contribution in [2.45, 2.75) is 90.8 Å². The van der Waals surface area contributed by atoms with Gasteiger partial charge in [0.25, 0.3) is 0 Å². The maximum atomic E-state index is 12.8. The fourth-order valence-corrected chi connectivity index (χ4v) is 5.55. The van der Waals surface area contributed by atoms with Gasteiger partial charge in [-0.1, -0.05) is 6.42 Å². The molecule has 5 nitrogen and oxygen atoms in total. The normalized spacial score (nSPS) is 23.1. The number of ether oxygens (including phenoxy) is 1. The first-order valence-corrected chi connectivity index (χ1v) is 11.1. The van der Waals surface area contributed by atoms with Crippen LogP contribution in [0.2, 0.25) is 0 Å². The van der Waals surface area contributed by atoms with Gasteiger partial charge in [0, 0.05) is 17.0 Å². The van der Waals surface area contributed by atoms with Crippen molar-refractivity contribution < 1.29 is 14.3 Å². The molecule has 1 aliphatic carbocycles. The van der Waals surface area contributed by atoms with Crippen LogP contribution in [0.3, 0.4) is 0 Å². The standard InChI is InChI=1S/C21H32N2O3S/c1-13(2)26-21(25)19-16-10-5-6-11-17(16)27-20(19)22-18(24)12-23-14(3)8-7-9-15(23)4/h13-15H,5-12H2,1-4H3,(H,22,24). The number of amides is 1. The van der Waals surface area contributed by atoms with Crippen LogP contribution in [-0.2, 0) is 22.4 Å². The molecule has 1 aromatic heterocycles. The van der Waals surface area contributed by atoms with Crippen LogP contribution in [0, 0.1) is 0 Å². The monoisotopic (exact) mass is 392 g/mol. The van der Waals surface area contributed by atoms with Gasteiger partial charge in [-0.2, -0.15) is 0 Å². The summed E-state index contributed by atoms with van der Waals surface area (Å²) in [6.45, 7) is 8.47. The molecular formula is C21H32N2O3S. The number of esters is 1. The van der Waals surface area contributed by atoms with E-state index in [0.717, 1.165) is 44.1 Å². The summed E-state index contributed by atoms with van der Waals surface area (Å²) in [7, 11) is 0. The Hall–Kier alpha value is -1.40. The van der Waals surface area contributed by atoms with E-state index in [0.29, 0.717) is 29.2 Å². The van der Waals surface area contributed by atoms with Crippen molar-refractivity contribution >= 4 is 28.2 Å². The third-order valence-corrected chi connectivity index (χ3v) is 6.88. The van der Waals surface area contributed by atoms with E-state index in [2.05, 4.69) is 24.1 Å². The number of nitrogens with one attached hydrogen (secondary N) is 1. The molecule has 150 valence electrons. The fraction of sp³-hybridized carbons (Fsp3) is 0.714. The molecule has 2 aliphatic rings. The first-order valence-electron chi connectivity index (χ1n) is 10.3. The maximum Gasteiger partial charge on any atom is 0.341 e. The minimum absolute atomic E-state index is 0.0345. The van der Waals surface area contributed by atoms with Crippen LogP contribution in [0.5, 0.6) is 0 Å². The highest BCUT2D eigenvalue weighted by Gasteiger charge is 2.30. The number of hydrogen-bond acceptors (Lipinski definition) is 5. The van der Waals surface area contributed by atoms with Gasteiger partial charge in [0.15, 0.2) is 0 Å². The van der Waals surface area contributed by atoms with E-state index in [4.69, 9.17) is 4.74 Å². The molecule has 2 heterocycles. The van der Waals surface area contributed by atoms with Gasteiger partial charge >= 0.3 is 5.97 Å². The molecule has 0 bridgehead atoms. The summed E-state index contributed by atoms with van der Waals surface area (Å²) in [5.74, 6) is -0.341. The van der Waals surface area contributed by atoms with Gasteiger partial charge in [0.2, 0.25) is 5.91 Å². The number of piperidine rings is 1. The Morgan fingerprint density at radius 2 is 1.81 bits per heavy atom. The average Bonchev–Trinajstić information content (AvgIpc) is 2.95. The number of aryl methyl sites for hydroxylation is 1. The molecule has 1 fully saturated rings. The van der Waals surface area contributed by atoms with Gasteiger partial charge < -0.3 is 10.1 Å². The molecule has 0 spiro atoms. The smallest absolute Gasteiger partial charge is 0.341 e. The maximum absolute atomic E-state index is 12.8. The van der Waals surface area contributed by atoms with Crippen molar-refractivity contribution in [1.82, 2.24) is 4.90 Å². The third kappa shape index (κ3) is 4.72. The van der Waals surface area contributed by atoms with E-state index < -0.39 is 0 Å². The molecule has 2 unspecified atom stereocenters. The summed E-state index contributed by atoms with van der Waals surface area (Å²) in [5, 5.41) is 3.72. The zero-order chi connectivity index (χ0) is 19.6. The zero-order valence-corrected chi connectivity index (χ0v) is 17.8. The largest absolute Gasteiger partial charge is 0.459 e. The number of rotatable bonds is 5. The lowest BCUT2D eigenvalue weighted by Gasteiger charge is -2.38. The number of nitrogens with zero attached hydrogens (tertiary/aromatic N) is 1. The first kappa shape index (κ1) is 20.3. The number of anilines is 1. The van der Waals surface area contributed by atoms with Crippen molar-refractivity contribution in [3.8, 4) is 0 Å². The van der Waals surface area contributed by atoms with Crippen LogP contribution in [0.25, 0.3) is 0 Å². The zero-order valence-electron chi connectivity index (χ0n) is 17.0. The van der Waals surface area contributed by atoms with E-state index in [1.54, 1.807) is 11.3 Å². The lowest BCUT2D eigenvalue weighted by molar-refractivity contribution is -0.118. The Bertz CT molecular complexity index is 688. The molecular weight excluding hydrogens is 360 g/mol. The Labute approximate surface area is 166 Å². The van der Waals surface area contributed by atoms with Crippen LogP contribution in [0.4, 0.5) is 5.00 Å². The van der Waals surface area contributed by atoms with Crippen LogP contribution in [0.1, 0.15) is 80.6 Å². The van der Waals surface area contributed by atoms with Gasteiger partial charge in [0.05, 0.1) is 18.2 Å². The summed E-state index contributed by atoms with van der Waals surface area (Å²) < 4.78 is 5.47. The van der Waals surface area contributed by atoms with E-state index in [1.807, 2.05) is 13.8 Å². The minimum atomic E-state index is -0.306. The fourth-order valence-electron chi connectivity index (χ4n) is 4.26. The predicted octanol–water partition coefficient (Wildman–Crippen LogP) is 4.39. The molecule has 3 rings (SSSR count). The van der Waals surface area contributed by atoms with E-state index in [9.17, 15) is 9.59 Å². The summed E-state index contributed by atoms with van der Waals surface area (Å²) in [6.07, 6.45) is 7.43. The lowest BCUT2D eigenvalue weighted by atomic mass is 9.95. The third-order valence-electron chi connectivity index (χ3n) is 5.67. The van der Waals surface area contributed by atoms with E-state index in [1.165, 1.54) is 11.3 Å². The molecule has 1 amide bonds. The van der Waals surface area contributed by atoms with Crippen molar-refractivity contribution in [3.05, 3.63) is 16.0 Å². The van der Waals surface area contributed by atoms with Crippen LogP contribution < -0.4 is 5.32 Å². The second-order valence-electron chi connectivity index (χ2n) is 8.22. The quantitative estimate of drug-likeness (QED) is 0.755. The Balaban J connectivity index is 1.78.